The maximum Gasteiger partial charge on any atom is 0.335 e. The van der Waals surface area contributed by atoms with Crippen molar-refractivity contribution in [1.82, 2.24) is 19.9 Å². The van der Waals surface area contributed by atoms with E-state index in [1.165, 1.54) is 41.9 Å². The maximum atomic E-state index is 10.2. The second kappa shape index (κ2) is 13.5. The van der Waals surface area contributed by atoms with Crippen molar-refractivity contribution < 1.29 is 15.0 Å². The molecule has 0 saturated carbocycles. The standard InChI is InChI=1S/C21H27N5.C7H6O3.CH4/c22-12-3-4-14-26(15-20-24-17-9-1-2-10-18(17)25-20)19-11-5-7-16-8-6-13-23-21(16)19;8-6-3-1-5(2-4-6)7(9)10;/h1-2,6,8-10,13,19H,3-5,7,11-12,14-15,22H2,(H,24,25);1-4,8H,(H,9,10);1H4/t19-;;/m0../s1. The molecule has 8 nitrogen and oxygen atoms in total. The van der Waals surface area contributed by atoms with Crippen molar-refractivity contribution in [2.75, 3.05) is 13.1 Å². The smallest absolute Gasteiger partial charge is 0.335 e. The molecule has 5 N–H and O–H groups in total. The van der Waals surface area contributed by atoms with E-state index in [0.717, 1.165) is 62.2 Å². The number of benzene rings is 2. The fraction of sp³-hybridized carbons (Fsp3) is 0.345. The number of aromatic amines is 1. The topological polar surface area (TPSA) is 128 Å². The highest BCUT2D eigenvalue weighted by molar-refractivity contribution is 5.87. The van der Waals surface area contributed by atoms with Crippen molar-refractivity contribution in [1.29, 1.82) is 0 Å². The zero-order valence-electron chi connectivity index (χ0n) is 20.3. The summed E-state index contributed by atoms with van der Waals surface area (Å²) in [5.74, 6) is 0.118. The van der Waals surface area contributed by atoms with E-state index in [4.69, 9.17) is 25.9 Å². The molecule has 196 valence electrons. The molecule has 0 saturated heterocycles. The molecule has 0 amide bonds. The number of phenolic OH excluding ortho intramolecular Hbond substituents is 1. The van der Waals surface area contributed by atoms with Crippen molar-refractivity contribution in [2.24, 2.45) is 5.73 Å². The van der Waals surface area contributed by atoms with Gasteiger partial charge in [0.25, 0.3) is 0 Å². The molecule has 0 fully saturated rings. The Bertz CT molecular complexity index is 1240. The number of nitrogens with one attached hydrogen (secondary N) is 1. The Morgan fingerprint density at radius 1 is 1.08 bits per heavy atom. The highest BCUT2D eigenvalue weighted by Crippen LogP contribution is 2.33. The third-order valence-corrected chi connectivity index (χ3v) is 6.41. The van der Waals surface area contributed by atoms with E-state index in [1.54, 1.807) is 0 Å². The molecule has 37 heavy (non-hydrogen) atoms. The molecule has 0 aliphatic heterocycles. The number of fused-ring (bicyclic) bond motifs is 2. The SMILES string of the molecule is C.NCCCCN(Cc1nc2ccccc2[nH]1)[C@H]1CCCc2cccnc21.O=C(O)c1ccc(O)cc1. The molecule has 5 rings (SSSR count). The third kappa shape index (κ3) is 7.38. The minimum Gasteiger partial charge on any atom is -0.508 e. The number of rotatable bonds is 8. The third-order valence-electron chi connectivity index (χ3n) is 6.41. The number of phenols is 1. The monoisotopic (exact) mass is 503 g/mol. The maximum absolute atomic E-state index is 10.2. The summed E-state index contributed by atoms with van der Waals surface area (Å²) in [4.78, 5) is 25.8. The number of aromatic nitrogens is 3. The summed E-state index contributed by atoms with van der Waals surface area (Å²) < 4.78 is 0. The normalized spacial score (nSPS) is 14.4. The molecule has 1 aliphatic rings. The quantitative estimate of drug-likeness (QED) is 0.240. The van der Waals surface area contributed by atoms with E-state index in [0.29, 0.717) is 6.04 Å². The first-order valence-electron chi connectivity index (χ1n) is 12.4. The van der Waals surface area contributed by atoms with Gasteiger partial charge in [-0.25, -0.2) is 9.78 Å². The number of H-pyrrole nitrogens is 1. The van der Waals surface area contributed by atoms with Crippen LogP contribution in [0.15, 0.2) is 66.9 Å². The van der Waals surface area contributed by atoms with Crippen LogP contribution >= 0.6 is 0 Å². The van der Waals surface area contributed by atoms with Crippen LogP contribution in [0.5, 0.6) is 5.75 Å². The van der Waals surface area contributed by atoms with Gasteiger partial charge in [0.2, 0.25) is 0 Å². The molecule has 4 aromatic rings. The van der Waals surface area contributed by atoms with Gasteiger partial charge in [0.15, 0.2) is 0 Å². The lowest BCUT2D eigenvalue weighted by Gasteiger charge is -2.34. The van der Waals surface area contributed by atoms with Gasteiger partial charge in [0.1, 0.15) is 11.6 Å². The van der Waals surface area contributed by atoms with Crippen LogP contribution in [0, 0.1) is 0 Å². The van der Waals surface area contributed by atoms with E-state index < -0.39 is 5.97 Å². The van der Waals surface area contributed by atoms with Crippen LogP contribution in [0.4, 0.5) is 0 Å². The Balaban J connectivity index is 0.000000293. The zero-order valence-corrected chi connectivity index (χ0v) is 20.3. The van der Waals surface area contributed by atoms with Gasteiger partial charge < -0.3 is 20.9 Å². The van der Waals surface area contributed by atoms with Crippen LogP contribution in [0.1, 0.15) is 66.6 Å². The lowest BCUT2D eigenvalue weighted by Crippen LogP contribution is -2.33. The molecule has 1 atom stereocenters. The highest BCUT2D eigenvalue weighted by atomic mass is 16.4. The zero-order chi connectivity index (χ0) is 25.3. The predicted molar refractivity (Wildman–Crippen MR) is 147 cm³/mol. The summed E-state index contributed by atoms with van der Waals surface area (Å²) in [5, 5.41) is 17.1. The van der Waals surface area contributed by atoms with Gasteiger partial charge in [0.05, 0.1) is 34.9 Å². The molecule has 8 heteroatoms. The van der Waals surface area contributed by atoms with Crippen LogP contribution in [0.25, 0.3) is 11.0 Å². The predicted octanol–water partition coefficient (Wildman–Crippen LogP) is 5.30. The molecule has 0 spiro atoms. The molecule has 0 radical (unpaired) electrons. The van der Waals surface area contributed by atoms with Gasteiger partial charge in [-0.2, -0.15) is 0 Å². The number of aryl methyl sites for hydroxylation is 1. The summed E-state index contributed by atoms with van der Waals surface area (Å²) >= 11 is 0. The highest BCUT2D eigenvalue weighted by Gasteiger charge is 2.27. The van der Waals surface area contributed by atoms with Crippen LogP contribution < -0.4 is 5.73 Å². The van der Waals surface area contributed by atoms with Gasteiger partial charge in [0, 0.05) is 6.20 Å². The molecule has 0 bridgehead atoms. The average Bonchev–Trinajstić information content (AvgIpc) is 3.31. The van der Waals surface area contributed by atoms with Crippen LogP contribution in [0.3, 0.4) is 0 Å². The fourth-order valence-corrected chi connectivity index (χ4v) is 4.62. The van der Waals surface area contributed by atoms with E-state index >= 15 is 0 Å². The van der Waals surface area contributed by atoms with E-state index in [9.17, 15) is 4.79 Å². The summed E-state index contributed by atoms with van der Waals surface area (Å²) in [6.07, 6.45) is 7.61. The number of carboxylic acids is 1. The van der Waals surface area contributed by atoms with Gasteiger partial charge in [-0.3, -0.25) is 9.88 Å². The van der Waals surface area contributed by atoms with Crippen molar-refractivity contribution in [3.05, 3.63) is 89.5 Å². The number of nitrogens with two attached hydrogens (primary N) is 1. The number of aromatic hydroxyl groups is 1. The van der Waals surface area contributed by atoms with Gasteiger partial charge >= 0.3 is 5.97 Å². The summed E-state index contributed by atoms with van der Waals surface area (Å²) in [6, 6.07) is 18.2. The number of nitrogens with zero attached hydrogens (tertiary/aromatic N) is 3. The Morgan fingerprint density at radius 2 is 1.86 bits per heavy atom. The molecule has 2 heterocycles. The van der Waals surface area contributed by atoms with Crippen LogP contribution in [0.2, 0.25) is 0 Å². The number of hydrogen-bond donors (Lipinski definition) is 4. The molecule has 2 aromatic carbocycles. The lowest BCUT2D eigenvalue weighted by molar-refractivity contribution is 0.0697. The number of aromatic carboxylic acids is 1. The van der Waals surface area contributed by atoms with Gasteiger partial charge in [-0.1, -0.05) is 25.6 Å². The number of imidazole rings is 1. The summed E-state index contributed by atoms with van der Waals surface area (Å²) in [5.41, 5.74) is 10.7. The van der Waals surface area contributed by atoms with E-state index in [-0.39, 0.29) is 18.7 Å². The van der Waals surface area contributed by atoms with Crippen molar-refractivity contribution in [2.45, 2.75) is 52.1 Å². The van der Waals surface area contributed by atoms with Crippen LogP contribution in [-0.4, -0.2) is 49.1 Å². The van der Waals surface area contributed by atoms with Crippen molar-refractivity contribution in [3.63, 3.8) is 0 Å². The summed E-state index contributed by atoms with van der Waals surface area (Å²) in [6.45, 7) is 2.59. The number of carboxylic acid groups (broad SMARTS) is 1. The Hall–Kier alpha value is -3.75. The average molecular weight is 504 g/mol. The molecular formula is C29H37N5O3. The van der Waals surface area contributed by atoms with Crippen LogP contribution in [-0.2, 0) is 13.0 Å². The number of pyridine rings is 1. The Kier molecular flexibility index (Phi) is 10.2. The number of carbonyl (C=O) groups is 1. The number of unbranched alkanes of at least 4 members (excludes halogenated alkanes) is 1. The summed E-state index contributed by atoms with van der Waals surface area (Å²) in [7, 11) is 0. The minimum atomic E-state index is -0.986. The van der Waals surface area contributed by atoms with Crippen molar-refractivity contribution in [3.8, 4) is 5.75 Å². The Morgan fingerprint density at radius 3 is 2.59 bits per heavy atom. The largest absolute Gasteiger partial charge is 0.508 e. The van der Waals surface area contributed by atoms with Crippen molar-refractivity contribution >= 4 is 17.0 Å². The minimum absolute atomic E-state index is 0. The lowest BCUT2D eigenvalue weighted by atomic mass is 9.90. The fourth-order valence-electron chi connectivity index (χ4n) is 4.62. The number of para-hydroxylation sites is 2. The second-order valence-corrected chi connectivity index (χ2v) is 8.97. The number of hydrogen-bond acceptors (Lipinski definition) is 6. The van der Waals surface area contributed by atoms with Gasteiger partial charge in [-0.05, 0) is 93.2 Å². The molecule has 1 aliphatic carbocycles. The van der Waals surface area contributed by atoms with E-state index in [1.807, 2.05) is 18.3 Å². The van der Waals surface area contributed by atoms with E-state index in [2.05, 4.69) is 34.1 Å². The molecular weight excluding hydrogens is 466 g/mol. The first-order chi connectivity index (χ1) is 17.5. The molecule has 0 unspecified atom stereocenters. The van der Waals surface area contributed by atoms with Gasteiger partial charge in [-0.15, -0.1) is 0 Å². The second-order valence-electron chi connectivity index (χ2n) is 8.97. The molecule has 2 aromatic heterocycles. The first-order valence-corrected chi connectivity index (χ1v) is 12.4. The Labute approximate surface area is 218 Å². The first kappa shape index (κ1) is 27.8.